The summed E-state index contributed by atoms with van der Waals surface area (Å²) in [5.41, 5.74) is 6.46. The molecule has 0 radical (unpaired) electrons. The third-order valence-electron chi connectivity index (χ3n) is 6.22. The summed E-state index contributed by atoms with van der Waals surface area (Å²) >= 11 is 7.68. The number of carbonyl (C=O) groups is 1. The fourth-order valence-corrected chi connectivity index (χ4v) is 5.40. The molecule has 4 rings (SSSR count). The Morgan fingerprint density at radius 2 is 2.20 bits per heavy atom. The van der Waals surface area contributed by atoms with Gasteiger partial charge < -0.3 is 20.1 Å². The Morgan fingerprint density at radius 3 is 2.83 bits per heavy atom. The largest absolute Gasteiger partial charge is 0.477 e. The zero-order valence-corrected chi connectivity index (χ0v) is 18.8. The first-order valence-corrected chi connectivity index (χ1v) is 11.5. The van der Waals surface area contributed by atoms with Crippen LogP contribution in [0.4, 0.5) is 0 Å². The summed E-state index contributed by atoms with van der Waals surface area (Å²) in [6.45, 7) is 6.82. The Bertz CT molecular complexity index is 883. The molecule has 7 nitrogen and oxygen atoms in total. The molecule has 0 aromatic carbocycles. The standard InChI is InChI=1S/C21H27ClN4O3S/c1-3-28-20-18(22)15(4-7-24-20)30-16-11-25-17(10-14(16)27)26-8-5-21(6-9-26)12-29-13(2)19(21)23/h4,7,11,13,19H,3,5-6,8-10,12,23H2,1-2H3/t13-,19+/m0/s1. The number of aliphatic imine (C=N–C) groups is 1. The monoisotopic (exact) mass is 450 g/mol. The molecular formula is C21H27ClN4O3S. The van der Waals surface area contributed by atoms with Crippen LogP contribution in [-0.2, 0) is 9.53 Å². The van der Waals surface area contributed by atoms with Crippen LogP contribution in [0.15, 0.2) is 33.3 Å². The summed E-state index contributed by atoms with van der Waals surface area (Å²) < 4.78 is 11.2. The number of carbonyl (C=O) groups excluding carboxylic acids is 1. The van der Waals surface area contributed by atoms with Crippen LogP contribution >= 0.6 is 23.4 Å². The molecule has 162 valence electrons. The van der Waals surface area contributed by atoms with Crippen molar-refractivity contribution in [2.45, 2.75) is 50.2 Å². The zero-order chi connectivity index (χ0) is 21.3. The van der Waals surface area contributed by atoms with E-state index in [1.165, 1.54) is 11.8 Å². The Hall–Kier alpha value is -1.61. The molecule has 1 aromatic rings. The van der Waals surface area contributed by atoms with E-state index in [0.717, 1.165) is 43.3 Å². The van der Waals surface area contributed by atoms with Crippen molar-refractivity contribution < 1.29 is 14.3 Å². The molecule has 2 fully saturated rings. The lowest BCUT2D eigenvalue weighted by atomic mass is 9.73. The number of ether oxygens (including phenoxy) is 2. The molecule has 1 aromatic heterocycles. The average molecular weight is 451 g/mol. The number of ketones is 1. The number of nitrogens with two attached hydrogens (primary N) is 1. The van der Waals surface area contributed by atoms with Crippen LogP contribution in [0.25, 0.3) is 0 Å². The van der Waals surface area contributed by atoms with Gasteiger partial charge in [0.05, 0.1) is 30.6 Å². The number of hydrogen-bond acceptors (Lipinski definition) is 8. The topological polar surface area (TPSA) is 90.0 Å². The maximum atomic E-state index is 12.8. The second-order valence-corrected chi connectivity index (χ2v) is 9.45. The highest BCUT2D eigenvalue weighted by molar-refractivity contribution is 8.04. The van der Waals surface area contributed by atoms with Gasteiger partial charge in [0.1, 0.15) is 10.9 Å². The lowest BCUT2D eigenvalue weighted by Crippen LogP contribution is -2.52. The number of thioether (sulfide) groups is 1. The van der Waals surface area contributed by atoms with Crippen molar-refractivity contribution in [3.63, 3.8) is 0 Å². The van der Waals surface area contributed by atoms with Gasteiger partial charge in [-0.15, -0.1) is 0 Å². The molecule has 0 amide bonds. The number of hydrogen-bond donors (Lipinski definition) is 1. The molecule has 0 aliphatic carbocycles. The van der Waals surface area contributed by atoms with E-state index < -0.39 is 0 Å². The third-order valence-corrected chi connectivity index (χ3v) is 7.81. The highest BCUT2D eigenvalue weighted by Crippen LogP contribution is 2.42. The average Bonchev–Trinajstić information content (AvgIpc) is 3.01. The van der Waals surface area contributed by atoms with Crippen LogP contribution in [0, 0.1) is 5.41 Å². The molecule has 2 saturated heterocycles. The summed E-state index contributed by atoms with van der Waals surface area (Å²) in [7, 11) is 0. The fourth-order valence-electron chi connectivity index (χ4n) is 4.28. The number of allylic oxidation sites excluding steroid dienone is 1. The minimum atomic E-state index is 0.0469. The van der Waals surface area contributed by atoms with Crippen molar-refractivity contribution in [2.75, 3.05) is 26.3 Å². The van der Waals surface area contributed by atoms with E-state index in [0.29, 0.717) is 28.8 Å². The summed E-state index contributed by atoms with van der Waals surface area (Å²) in [6, 6.07) is 1.85. The van der Waals surface area contributed by atoms with Crippen molar-refractivity contribution >= 4 is 35.0 Å². The van der Waals surface area contributed by atoms with Gasteiger partial charge >= 0.3 is 0 Å². The van der Waals surface area contributed by atoms with Crippen LogP contribution in [0.1, 0.15) is 33.1 Å². The van der Waals surface area contributed by atoms with E-state index in [9.17, 15) is 4.79 Å². The molecule has 1 spiro atoms. The summed E-state index contributed by atoms with van der Waals surface area (Å²) in [5, 5.41) is 0.415. The van der Waals surface area contributed by atoms with Gasteiger partial charge in [-0.1, -0.05) is 23.4 Å². The number of pyridine rings is 1. The molecule has 0 unspecified atom stereocenters. The number of Topliss-reactive ketones (excluding diaryl/α,β-unsaturated/α-hetero) is 1. The van der Waals surface area contributed by atoms with Crippen molar-refractivity contribution in [1.82, 2.24) is 9.88 Å². The molecule has 3 aliphatic heterocycles. The molecule has 30 heavy (non-hydrogen) atoms. The van der Waals surface area contributed by atoms with Crippen LogP contribution in [0.2, 0.25) is 5.02 Å². The number of aromatic nitrogens is 1. The van der Waals surface area contributed by atoms with Crippen LogP contribution in [0.5, 0.6) is 5.88 Å². The first-order chi connectivity index (χ1) is 14.4. The van der Waals surface area contributed by atoms with E-state index in [2.05, 4.69) is 14.9 Å². The number of nitrogens with zero attached hydrogens (tertiary/aromatic N) is 3. The molecule has 4 heterocycles. The minimum Gasteiger partial charge on any atom is -0.477 e. The van der Waals surface area contributed by atoms with Crippen molar-refractivity contribution in [3.05, 3.63) is 28.4 Å². The quantitative estimate of drug-likeness (QED) is 0.752. The number of likely N-dealkylation sites (tertiary alicyclic amines) is 1. The number of piperidine rings is 1. The van der Waals surface area contributed by atoms with Crippen molar-refractivity contribution in [3.8, 4) is 5.88 Å². The van der Waals surface area contributed by atoms with Gasteiger partial charge in [0, 0.05) is 41.8 Å². The molecule has 0 saturated carbocycles. The lowest BCUT2D eigenvalue weighted by molar-refractivity contribution is -0.114. The van der Waals surface area contributed by atoms with E-state index >= 15 is 0 Å². The normalized spacial score (nSPS) is 26.0. The molecule has 2 N–H and O–H groups in total. The third kappa shape index (κ3) is 4.10. The van der Waals surface area contributed by atoms with E-state index in [1.807, 2.05) is 13.8 Å². The SMILES string of the molecule is CCOc1nccc(SC2=CN=C(N3CCC4(CC3)CO[C@@H](C)[C@H]4N)CC2=O)c1Cl. The van der Waals surface area contributed by atoms with Gasteiger partial charge in [0.25, 0.3) is 0 Å². The number of halogens is 1. The fraction of sp³-hybridized carbons (Fsp3) is 0.571. The highest BCUT2D eigenvalue weighted by Gasteiger charge is 2.47. The van der Waals surface area contributed by atoms with E-state index in [1.54, 1.807) is 18.5 Å². The Morgan fingerprint density at radius 1 is 1.43 bits per heavy atom. The second-order valence-electron chi connectivity index (χ2n) is 7.99. The number of rotatable bonds is 4. The first-order valence-electron chi connectivity index (χ1n) is 10.3. The zero-order valence-electron chi connectivity index (χ0n) is 17.3. The molecule has 2 atom stereocenters. The lowest BCUT2D eigenvalue weighted by Gasteiger charge is -2.42. The van der Waals surface area contributed by atoms with Gasteiger partial charge in [-0.2, -0.15) is 0 Å². The van der Waals surface area contributed by atoms with Crippen LogP contribution < -0.4 is 10.5 Å². The van der Waals surface area contributed by atoms with Crippen LogP contribution in [0.3, 0.4) is 0 Å². The molecule has 0 bridgehead atoms. The highest BCUT2D eigenvalue weighted by atomic mass is 35.5. The van der Waals surface area contributed by atoms with Gasteiger partial charge in [-0.05, 0) is 32.8 Å². The van der Waals surface area contributed by atoms with Crippen molar-refractivity contribution in [1.29, 1.82) is 0 Å². The predicted octanol–water partition coefficient (Wildman–Crippen LogP) is 3.27. The van der Waals surface area contributed by atoms with Crippen LogP contribution in [-0.4, -0.2) is 60.0 Å². The Labute approximate surface area is 186 Å². The summed E-state index contributed by atoms with van der Waals surface area (Å²) in [6.07, 6.45) is 5.61. The van der Waals surface area contributed by atoms with Crippen molar-refractivity contribution in [2.24, 2.45) is 16.1 Å². The smallest absolute Gasteiger partial charge is 0.233 e. The maximum absolute atomic E-state index is 12.8. The van der Waals surface area contributed by atoms with Gasteiger partial charge in [-0.25, -0.2) is 9.98 Å². The Balaban J connectivity index is 1.43. The maximum Gasteiger partial charge on any atom is 0.233 e. The summed E-state index contributed by atoms with van der Waals surface area (Å²) in [5.74, 6) is 1.25. The summed E-state index contributed by atoms with van der Waals surface area (Å²) in [4.78, 5) is 25.0. The second kappa shape index (κ2) is 8.86. The van der Waals surface area contributed by atoms with E-state index in [4.69, 9.17) is 26.8 Å². The minimum absolute atomic E-state index is 0.0469. The number of amidine groups is 1. The Kier molecular flexibility index (Phi) is 6.39. The molecule has 9 heteroatoms. The van der Waals surface area contributed by atoms with Gasteiger partial charge in [-0.3, -0.25) is 4.79 Å². The first kappa shape index (κ1) is 21.6. The van der Waals surface area contributed by atoms with Gasteiger partial charge in [0.15, 0.2) is 5.78 Å². The predicted molar refractivity (Wildman–Crippen MR) is 118 cm³/mol. The molecule has 3 aliphatic rings. The van der Waals surface area contributed by atoms with E-state index in [-0.39, 0.29) is 23.3 Å². The molecular weight excluding hydrogens is 424 g/mol. The van der Waals surface area contributed by atoms with Gasteiger partial charge in [0.2, 0.25) is 5.88 Å².